The van der Waals surface area contributed by atoms with Crippen LogP contribution in [0.1, 0.15) is 36.7 Å². The molecule has 2 aromatic rings. The van der Waals surface area contributed by atoms with Crippen molar-refractivity contribution in [2.75, 3.05) is 0 Å². The molecule has 0 amide bonds. The topological polar surface area (TPSA) is 50.2 Å². The van der Waals surface area contributed by atoms with Crippen LogP contribution in [0.25, 0.3) is 5.65 Å². The van der Waals surface area contributed by atoms with Gasteiger partial charge in [-0.05, 0) is 19.8 Å². The molecule has 2 rings (SSSR count). The number of hydrogen-bond acceptors (Lipinski definition) is 2. The van der Waals surface area contributed by atoms with Gasteiger partial charge < -0.3 is 0 Å². The average Bonchev–Trinajstić information content (AvgIpc) is 2.52. The first kappa shape index (κ1) is 9.96. The Morgan fingerprint density at radius 3 is 2.67 bits per heavy atom. The van der Waals surface area contributed by atoms with E-state index in [4.69, 9.17) is 0 Å². The van der Waals surface area contributed by atoms with Gasteiger partial charge in [0.2, 0.25) is 0 Å². The second-order valence-electron chi connectivity index (χ2n) is 4.21. The molecular weight excluding hydrogens is 190 g/mol. The molecule has 0 bridgehead atoms. The van der Waals surface area contributed by atoms with Crippen LogP contribution in [0, 0.1) is 13.8 Å². The van der Waals surface area contributed by atoms with Gasteiger partial charge in [0, 0.05) is 17.3 Å². The third-order valence-electron chi connectivity index (χ3n) is 2.55. The van der Waals surface area contributed by atoms with Crippen molar-refractivity contribution >= 4 is 5.65 Å². The highest BCUT2D eigenvalue weighted by molar-refractivity contribution is 5.41. The number of aromatic amines is 1. The molecule has 0 atom stereocenters. The van der Waals surface area contributed by atoms with Crippen LogP contribution in [0.5, 0.6) is 0 Å². The van der Waals surface area contributed by atoms with Gasteiger partial charge >= 0.3 is 0 Å². The van der Waals surface area contributed by atoms with Gasteiger partial charge in [-0.3, -0.25) is 9.89 Å². The molecule has 0 aliphatic rings. The lowest BCUT2D eigenvalue weighted by molar-refractivity contribution is 0.778. The van der Waals surface area contributed by atoms with E-state index in [9.17, 15) is 4.79 Å². The number of hydrogen-bond donors (Lipinski definition) is 1. The Morgan fingerprint density at radius 2 is 2.07 bits per heavy atom. The maximum atomic E-state index is 12.0. The molecule has 0 saturated heterocycles. The van der Waals surface area contributed by atoms with E-state index in [0.29, 0.717) is 5.65 Å². The van der Waals surface area contributed by atoms with E-state index in [1.54, 1.807) is 0 Å². The van der Waals surface area contributed by atoms with E-state index in [-0.39, 0.29) is 11.5 Å². The zero-order valence-electron chi connectivity index (χ0n) is 9.46. The maximum absolute atomic E-state index is 12.0. The Bertz CT molecular complexity index is 563. The van der Waals surface area contributed by atoms with Crippen LogP contribution in [-0.2, 0) is 0 Å². The van der Waals surface area contributed by atoms with Gasteiger partial charge in [0.1, 0.15) is 0 Å². The molecule has 0 saturated carbocycles. The van der Waals surface area contributed by atoms with Gasteiger partial charge in [0.15, 0.2) is 5.65 Å². The van der Waals surface area contributed by atoms with Gasteiger partial charge in [-0.2, -0.15) is 0 Å². The van der Waals surface area contributed by atoms with Gasteiger partial charge in [0.25, 0.3) is 5.56 Å². The van der Waals surface area contributed by atoms with Crippen molar-refractivity contribution in [3.63, 3.8) is 0 Å². The Labute approximate surface area is 87.9 Å². The summed E-state index contributed by atoms with van der Waals surface area (Å²) in [4.78, 5) is 16.4. The molecule has 2 aromatic heterocycles. The number of H-pyrrole nitrogens is 1. The first-order valence-electron chi connectivity index (χ1n) is 5.09. The fraction of sp³-hybridized carbons (Fsp3) is 0.455. The van der Waals surface area contributed by atoms with Crippen molar-refractivity contribution < 1.29 is 0 Å². The van der Waals surface area contributed by atoms with Crippen molar-refractivity contribution in [1.29, 1.82) is 0 Å². The summed E-state index contributed by atoms with van der Waals surface area (Å²) in [6.07, 6.45) is 0. The van der Waals surface area contributed by atoms with E-state index >= 15 is 0 Å². The van der Waals surface area contributed by atoms with Crippen LogP contribution in [0.3, 0.4) is 0 Å². The predicted molar refractivity (Wildman–Crippen MR) is 59.4 cm³/mol. The largest absolute Gasteiger partial charge is 0.294 e. The predicted octanol–water partition coefficient (Wildman–Crippen LogP) is 1.76. The van der Waals surface area contributed by atoms with Crippen LogP contribution >= 0.6 is 0 Å². The Morgan fingerprint density at radius 1 is 1.40 bits per heavy atom. The molecule has 0 unspecified atom stereocenters. The van der Waals surface area contributed by atoms with Crippen LogP contribution in [0.4, 0.5) is 0 Å². The van der Waals surface area contributed by atoms with Gasteiger partial charge in [0.05, 0.1) is 5.69 Å². The summed E-state index contributed by atoms with van der Waals surface area (Å²) >= 11 is 0. The highest BCUT2D eigenvalue weighted by Crippen LogP contribution is 2.14. The fourth-order valence-corrected chi connectivity index (χ4v) is 1.81. The Hall–Kier alpha value is -1.58. The smallest absolute Gasteiger partial charge is 0.275 e. The molecule has 0 radical (unpaired) electrons. The normalized spacial score (nSPS) is 11.5. The number of fused-ring (bicyclic) bond motifs is 1. The molecule has 0 aromatic carbocycles. The summed E-state index contributed by atoms with van der Waals surface area (Å²) < 4.78 is 1.50. The molecule has 4 heteroatoms. The van der Waals surface area contributed by atoms with E-state index < -0.39 is 0 Å². The van der Waals surface area contributed by atoms with Gasteiger partial charge in [-0.15, -0.1) is 0 Å². The van der Waals surface area contributed by atoms with E-state index in [2.05, 4.69) is 10.1 Å². The molecule has 80 valence electrons. The minimum absolute atomic E-state index is 0.00296. The van der Waals surface area contributed by atoms with Crippen molar-refractivity contribution in [3.05, 3.63) is 33.4 Å². The number of rotatable bonds is 1. The number of nitrogens with zero attached hydrogens (tertiary/aromatic N) is 2. The summed E-state index contributed by atoms with van der Waals surface area (Å²) in [6, 6.07) is 1.88. The fourth-order valence-electron chi connectivity index (χ4n) is 1.81. The molecular formula is C11H15N3O. The van der Waals surface area contributed by atoms with E-state index in [1.807, 2.05) is 33.8 Å². The van der Waals surface area contributed by atoms with Crippen LogP contribution in [0.15, 0.2) is 10.9 Å². The first-order valence-corrected chi connectivity index (χ1v) is 5.09. The van der Waals surface area contributed by atoms with Crippen LogP contribution < -0.4 is 5.56 Å². The molecule has 4 nitrogen and oxygen atoms in total. The third-order valence-corrected chi connectivity index (χ3v) is 2.55. The molecule has 0 spiro atoms. The van der Waals surface area contributed by atoms with Crippen molar-refractivity contribution in [2.45, 2.75) is 33.6 Å². The summed E-state index contributed by atoms with van der Waals surface area (Å²) in [5.74, 6) is 0.276. The molecule has 2 heterocycles. The quantitative estimate of drug-likeness (QED) is 0.771. The summed E-state index contributed by atoms with van der Waals surface area (Å²) in [6.45, 7) is 7.83. The van der Waals surface area contributed by atoms with Crippen molar-refractivity contribution in [2.24, 2.45) is 0 Å². The minimum atomic E-state index is -0.00296. The van der Waals surface area contributed by atoms with Crippen LogP contribution in [0.2, 0.25) is 0 Å². The second-order valence-corrected chi connectivity index (χ2v) is 4.21. The zero-order valence-corrected chi connectivity index (χ0v) is 9.46. The van der Waals surface area contributed by atoms with Crippen molar-refractivity contribution in [1.82, 2.24) is 14.6 Å². The second kappa shape index (κ2) is 3.22. The van der Waals surface area contributed by atoms with Gasteiger partial charge in [-0.1, -0.05) is 13.8 Å². The molecule has 0 aliphatic heterocycles. The monoisotopic (exact) mass is 205 g/mol. The average molecular weight is 205 g/mol. The van der Waals surface area contributed by atoms with Crippen LogP contribution in [-0.4, -0.2) is 14.6 Å². The maximum Gasteiger partial charge on any atom is 0.275 e. The number of aryl methyl sites for hydroxylation is 1. The van der Waals surface area contributed by atoms with E-state index in [0.717, 1.165) is 17.0 Å². The summed E-state index contributed by atoms with van der Waals surface area (Å²) in [7, 11) is 0. The Balaban J connectivity index is 2.88. The standard InChI is InChI=1S/C11H15N3O/c1-6(2)10-8(4)11(15)14-9(12-10)5-7(3)13-14/h5-6,13H,1-4H3. The third kappa shape index (κ3) is 1.46. The SMILES string of the molecule is Cc1cc2nc(C(C)C)c(C)c(=O)n2[nH]1. The number of nitrogens with one attached hydrogen (secondary N) is 1. The molecule has 0 aliphatic carbocycles. The molecule has 1 N–H and O–H groups in total. The molecule has 15 heavy (non-hydrogen) atoms. The molecule has 0 fully saturated rings. The summed E-state index contributed by atoms with van der Waals surface area (Å²) in [5.41, 5.74) is 3.26. The lowest BCUT2D eigenvalue weighted by Crippen LogP contribution is -2.21. The minimum Gasteiger partial charge on any atom is -0.294 e. The van der Waals surface area contributed by atoms with Crippen molar-refractivity contribution in [3.8, 4) is 0 Å². The van der Waals surface area contributed by atoms with E-state index in [1.165, 1.54) is 4.52 Å². The zero-order chi connectivity index (χ0) is 11.2. The lowest BCUT2D eigenvalue weighted by Gasteiger charge is -2.07. The highest BCUT2D eigenvalue weighted by Gasteiger charge is 2.12. The highest BCUT2D eigenvalue weighted by atomic mass is 16.1. The summed E-state index contributed by atoms with van der Waals surface area (Å²) in [5, 5.41) is 2.98. The Kier molecular flexibility index (Phi) is 2.14. The number of aromatic nitrogens is 3. The lowest BCUT2D eigenvalue weighted by atomic mass is 10.1. The van der Waals surface area contributed by atoms with Gasteiger partial charge in [-0.25, -0.2) is 9.50 Å². The first-order chi connectivity index (χ1) is 7.00.